The van der Waals surface area contributed by atoms with Crippen LogP contribution < -0.4 is 16.0 Å². The zero-order chi connectivity index (χ0) is 25.2. The van der Waals surface area contributed by atoms with Gasteiger partial charge in [0.1, 0.15) is 12.6 Å². The Balaban J connectivity index is 1.52. The summed E-state index contributed by atoms with van der Waals surface area (Å²) < 4.78 is 0. The van der Waals surface area contributed by atoms with E-state index in [1.807, 2.05) is 12.1 Å². The lowest BCUT2D eigenvalue weighted by molar-refractivity contribution is -0.125. The molecule has 3 rings (SSSR count). The smallest absolute Gasteiger partial charge is 0.251 e. The fraction of sp³-hybridized carbons (Fsp3) is 0.370. The van der Waals surface area contributed by atoms with E-state index < -0.39 is 30.4 Å². The highest BCUT2D eigenvalue weighted by Gasteiger charge is 2.25. The molecule has 0 aromatic heterocycles. The minimum atomic E-state index is -1.18. The largest absolute Gasteiger partial charge is 0.391 e. The van der Waals surface area contributed by atoms with Crippen LogP contribution in [0, 0.1) is 11.8 Å². The minimum absolute atomic E-state index is 0.0691. The van der Waals surface area contributed by atoms with E-state index in [9.17, 15) is 19.5 Å². The number of rotatable bonds is 9. The topological polar surface area (TPSA) is 128 Å². The molecule has 1 aliphatic rings. The maximum atomic E-state index is 12.4. The maximum absolute atomic E-state index is 12.4. The number of hydrogen-bond acceptors (Lipinski definition) is 6. The van der Waals surface area contributed by atoms with Gasteiger partial charge in [0.25, 0.3) is 5.91 Å². The average molecular weight is 478 g/mol. The van der Waals surface area contributed by atoms with E-state index in [4.69, 9.17) is 5.11 Å². The van der Waals surface area contributed by atoms with Crippen molar-refractivity contribution in [2.24, 2.45) is 0 Å². The van der Waals surface area contributed by atoms with Crippen LogP contribution >= 0.6 is 0 Å². The number of hydrogen-bond donors (Lipinski definition) is 5. The fourth-order valence-electron chi connectivity index (χ4n) is 3.85. The second-order valence-corrected chi connectivity index (χ2v) is 8.63. The second-order valence-electron chi connectivity index (χ2n) is 8.63. The van der Waals surface area contributed by atoms with Crippen molar-refractivity contribution in [1.29, 1.82) is 0 Å². The zero-order valence-corrected chi connectivity index (χ0v) is 19.7. The molecular formula is C27H31N3O5. The Labute approximate surface area is 205 Å². The number of carbonyl (C=O) groups is 3. The molecule has 0 unspecified atom stereocenters. The van der Waals surface area contributed by atoms with Gasteiger partial charge in [0.05, 0.1) is 12.6 Å². The highest BCUT2D eigenvalue weighted by Crippen LogP contribution is 2.17. The van der Waals surface area contributed by atoms with Crippen molar-refractivity contribution in [3.63, 3.8) is 0 Å². The first-order chi connectivity index (χ1) is 16.9. The summed E-state index contributed by atoms with van der Waals surface area (Å²) >= 11 is 0. The molecule has 0 aliphatic heterocycles. The standard InChI is InChI=1S/C27H31N3O5/c1-18(32)26(24(33)17-31)30-27(35)21-12-8-19(9-13-21)6-7-20-10-14-23(15-11-20)29-25(34)16-28-22-4-2-3-5-22/h8-15,18,22,26,28,31-32H,2-5,16-17H2,1H3,(H,29,34)(H,30,35)/t18-,26+/m1/s1. The van der Waals surface area contributed by atoms with Gasteiger partial charge in [-0.1, -0.05) is 24.7 Å². The van der Waals surface area contributed by atoms with Crippen LogP contribution in [0.5, 0.6) is 0 Å². The molecule has 35 heavy (non-hydrogen) atoms. The first-order valence-electron chi connectivity index (χ1n) is 11.7. The molecule has 0 bridgehead atoms. The van der Waals surface area contributed by atoms with Crippen LogP contribution in [0.15, 0.2) is 48.5 Å². The Morgan fingerprint density at radius 2 is 1.54 bits per heavy atom. The van der Waals surface area contributed by atoms with Crippen molar-refractivity contribution in [1.82, 2.24) is 10.6 Å². The SMILES string of the molecule is C[C@@H](O)[C@H](NC(=O)c1ccc(C#Cc2ccc(NC(=O)CNC3CCCC3)cc2)cc1)C(=O)CO. The number of carbonyl (C=O) groups excluding carboxylic acids is 3. The number of nitrogens with one attached hydrogen (secondary N) is 3. The molecule has 2 atom stereocenters. The van der Waals surface area contributed by atoms with Gasteiger partial charge < -0.3 is 26.2 Å². The lowest BCUT2D eigenvalue weighted by Crippen LogP contribution is -2.48. The van der Waals surface area contributed by atoms with Crippen molar-refractivity contribution < 1.29 is 24.6 Å². The van der Waals surface area contributed by atoms with Crippen molar-refractivity contribution in [2.45, 2.75) is 50.8 Å². The summed E-state index contributed by atoms with van der Waals surface area (Å²) in [4.78, 5) is 36.2. The third kappa shape index (κ3) is 8.04. The van der Waals surface area contributed by atoms with Crippen molar-refractivity contribution in [2.75, 3.05) is 18.5 Å². The van der Waals surface area contributed by atoms with Crippen LogP contribution in [0.2, 0.25) is 0 Å². The second kappa shape index (κ2) is 12.8. The van der Waals surface area contributed by atoms with Gasteiger partial charge in [0.15, 0.2) is 5.78 Å². The quantitative estimate of drug-likeness (QED) is 0.349. The molecular weight excluding hydrogens is 446 g/mol. The molecule has 5 N–H and O–H groups in total. The molecule has 184 valence electrons. The highest BCUT2D eigenvalue weighted by atomic mass is 16.3. The Morgan fingerprint density at radius 1 is 0.971 bits per heavy atom. The van der Waals surface area contributed by atoms with Crippen LogP contribution in [0.1, 0.15) is 54.1 Å². The molecule has 2 aromatic rings. The molecule has 1 fully saturated rings. The summed E-state index contributed by atoms with van der Waals surface area (Å²) in [6.45, 7) is 0.902. The zero-order valence-electron chi connectivity index (χ0n) is 19.7. The van der Waals surface area contributed by atoms with E-state index in [-0.39, 0.29) is 5.91 Å². The highest BCUT2D eigenvalue weighted by molar-refractivity contribution is 5.98. The van der Waals surface area contributed by atoms with Gasteiger partial charge in [-0.25, -0.2) is 0 Å². The Kier molecular flexibility index (Phi) is 9.56. The summed E-state index contributed by atoms with van der Waals surface area (Å²) in [6.07, 6.45) is 3.58. The van der Waals surface area contributed by atoms with E-state index in [0.717, 1.165) is 18.4 Å². The number of anilines is 1. The van der Waals surface area contributed by atoms with Gasteiger partial charge >= 0.3 is 0 Å². The summed E-state index contributed by atoms with van der Waals surface area (Å²) in [5.74, 6) is 4.79. The first-order valence-corrected chi connectivity index (χ1v) is 11.7. The van der Waals surface area contributed by atoms with Gasteiger partial charge in [-0.05, 0) is 68.3 Å². The predicted molar refractivity (Wildman–Crippen MR) is 133 cm³/mol. The van der Waals surface area contributed by atoms with Crippen molar-refractivity contribution >= 4 is 23.3 Å². The Morgan fingerprint density at radius 3 is 2.09 bits per heavy atom. The van der Waals surface area contributed by atoms with E-state index in [0.29, 0.717) is 29.4 Å². The molecule has 0 heterocycles. The predicted octanol–water partition coefficient (Wildman–Crippen LogP) is 1.60. The number of ketones is 1. The molecule has 8 nitrogen and oxygen atoms in total. The maximum Gasteiger partial charge on any atom is 0.251 e. The van der Waals surface area contributed by atoms with Gasteiger partial charge in [0.2, 0.25) is 5.91 Å². The van der Waals surface area contributed by atoms with Crippen LogP contribution in [0.25, 0.3) is 0 Å². The number of aliphatic hydroxyl groups is 2. The molecule has 0 spiro atoms. The molecule has 0 saturated heterocycles. The third-order valence-electron chi connectivity index (χ3n) is 5.85. The Hall–Kier alpha value is -3.51. The Bertz CT molecular complexity index is 1080. The van der Waals surface area contributed by atoms with Crippen molar-refractivity contribution in [3.8, 4) is 11.8 Å². The van der Waals surface area contributed by atoms with E-state index in [2.05, 4.69) is 27.8 Å². The van der Waals surface area contributed by atoms with Gasteiger partial charge in [-0.3, -0.25) is 14.4 Å². The molecule has 2 amide bonds. The van der Waals surface area contributed by atoms with E-state index in [1.165, 1.54) is 19.8 Å². The van der Waals surface area contributed by atoms with E-state index in [1.54, 1.807) is 36.4 Å². The first kappa shape index (κ1) is 26.1. The van der Waals surface area contributed by atoms with Gasteiger partial charge in [-0.15, -0.1) is 0 Å². The van der Waals surface area contributed by atoms with Gasteiger partial charge in [0, 0.05) is 28.4 Å². The molecule has 8 heteroatoms. The van der Waals surface area contributed by atoms with E-state index >= 15 is 0 Å². The summed E-state index contributed by atoms with van der Waals surface area (Å²) in [7, 11) is 0. The molecule has 0 radical (unpaired) electrons. The third-order valence-corrected chi connectivity index (χ3v) is 5.85. The number of benzene rings is 2. The molecule has 2 aromatic carbocycles. The normalized spacial score (nSPS) is 14.9. The van der Waals surface area contributed by atoms with Crippen LogP contribution in [0.3, 0.4) is 0 Å². The lowest BCUT2D eigenvalue weighted by Gasteiger charge is -2.19. The summed E-state index contributed by atoms with van der Waals surface area (Å²) in [6, 6.07) is 13.0. The fourth-order valence-corrected chi connectivity index (χ4v) is 3.85. The number of amides is 2. The average Bonchev–Trinajstić information content (AvgIpc) is 3.39. The van der Waals surface area contributed by atoms with Crippen LogP contribution in [-0.2, 0) is 9.59 Å². The molecule has 1 aliphatic carbocycles. The lowest BCUT2D eigenvalue weighted by atomic mass is 10.1. The number of Topliss-reactive ketones (excluding diaryl/α,β-unsaturated/α-hetero) is 1. The number of aliphatic hydroxyl groups excluding tert-OH is 2. The van der Waals surface area contributed by atoms with Crippen LogP contribution in [-0.4, -0.2) is 59.1 Å². The van der Waals surface area contributed by atoms with Crippen molar-refractivity contribution in [3.05, 3.63) is 65.2 Å². The summed E-state index contributed by atoms with van der Waals surface area (Å²) in [5.41, 5.74) is 2.47. The van der Waals surface area contributed by atoms with Crippen LogP contribution in [0.4, 0.5) is 5.69 Å². The monoisotopic (exact) mass is 477 g/mol. The van der Waals surface area contributed by atoms with Gasteiger partial charge in [-0.2, -0.15) is 0 Å². The summed E-state index contributed by atoms with van der Waals surface area (Å²) in [5, 5.41) is 27.3. The minimum Gasteiger partial charge on any atom is -0.391 e. The molecule has 1 saturated carbocycles.